The van der Waals surface area contributed by atoms with E-state index in [2.05, 4.69) is 36.0 Å². The zero-order chi connectivity index (χ0) is 27.3. The fourth-order valence-corrected chi connectivity index (χ4v) is 9.88. The Balaban J connectivity index is 2.07. The van der Waals surface area contributed by atoms with E-state index in [1.54, 1.807) is 28.8 Å². The highest BCUT2D eigenvalue weighted by atomic mass is 79.9. The SMILES string of the molecule is C=CCCOC(=O)[C@H]1[C@H]2C(=O)N([C@@H](CO)[C@@H](C)CC)C(C(=O)N(CC=C)CCCCC)C23CC(Br)[C@@H]1S3. The van der Waals surface area contributed by atoms with Crippen molar-refractivity contribution in [3.63, 3.8) is 0 Å². The molecule has 3 aliphatic rings. The van der Waals surface area contributed by atoms with Crippen LogP contribution in [0.5, 0.6) is 0 Å². The van der Waals surface area contributed by atoms with Crippen LogP contribution in [0, 0.1) is 17.8 Å². The van der Waals surface area contributed by atoms with Gasteiger partial charge in [0.05, 0.1) is 35.8 Å². The molecule has 8 atom stereocenters. The quantitative estimate of drug-likeness (QED) is 0.132. The van der Waals surface area contributed by atoms with Gasteiger partial charge in [-0.05, 0) is 25.2 Å². The summed E-state index contributed by atoms with van der Waals surface area (Å²) in [6, 6.07) is -1.25. The molecule has 2 bridgehead atoms. The van der Waals surface area contributed by atoms with Crippen molar-refractivity contribution in [2.24, 2.45) is 17.8 Å². The van der Waals surface area contributed by atoms with E-state index in [1.807, 2.05) is 18.7 Å². The van der Waals surface area contributed by atoms with Crippen molar-refractivity contribution in [2.75, 3.05) is 26.3 Å². The lowest BCUT2D eigenvalue weighted by atomic mass is 9.71. The van der Waals surface area contributed by atoms with Crippen LogP contribution in [0.25, 0.3) is 0 Å². The molecule has 7 nitrogen and oxygen atoms in total. The third-order valence-corrected chi connectivity index (χ3v) is 11.6. The van der Waals surface area contributed by atoms with Gasteiger partial charge in [0, 0.05) is 23.2 Å². The maximum Gasteiger partial charge on any atom is 0.310 e. The molecule has 1 spiro atoms. The molecule has 0 aliphatic carbocycles. The number of esters is 1. The minimum absolute atomic E-state index is 0.00705. The number of halogens is 1. The molecule has 0 aromatic carbocycles. The summed E-state index contributed by atoms with van der Waals surface area (Å²) in [5.74, 6) is -1.99. The van der Waals surface area contributed by atoms with Gasteiger partial charge >= 0.3 is 5.97 Å². The molecule has 208 valence electrons. The Labute approximate surface area is 234 Å². The molecule has 3 rings (SSSR count). The summed E-state index contributed by atoms with van der Waals surface area (Å²) in [4.78, 5) is 45.5. The van der Waals surface area contributed by atoms with Crippen LogP contribution in [-0.2, 0) is 19.1 Å². The standard InChI is InChI=1S/C28H43BrN2O5S/c1-6-10-12-14-30(13-8-3)26(34)24-28-16-19(29)23(37-28)21(27(35)36-15-11-7-2)22(28)25(33)31(24)20(17-32)18(5)9-4/h7-8,18-24,32H,2-3,6,9-17H2,1,4-5H3/t18-,19?,20-,21-,22-,23-,24?,28?/m0/s1. The van der Waals surface area contributed by atoms with Crippen molar-refractivity contribution >= 4 is 45.5 Å². The molecule has 3 saturated heterocycles. The van der Waals surface area contributed by atoms with Crippen LogP contribution in [0.1, 0.15) is 59.3 Å². The molecule has 0 saturated carbocycles. The second kappa shape index (κ2) is 13.2. The third-order valence-electron chi connectivity index (χ3n) is 8.34. The number of carbonyl (C=O) groups excluding carboxylic acids is 3. The van der Waals surface area contributed by atoms with E-state index in [0.29, 0.717) is 25.9 Å². The Morgan fingerprint density at radius 3 is 2.65 bits per heavy atom. The fraction of sp³-hybridized carbons (Fsp3) is 0.750. The van der Waals surface area contributed by atoms with Gasteiger partial charge in [0.15, 0.2) is 0 Å². The Morgan fingerprint density at radius 1 is 1.32 bits per heavy atom. The first-order valence-electron chi connectivity index (χ1n) is 13.7. The van der Waals surface area contributed by atoms with Gasteiger partial charge in [0.25, 0.3) is 0 Å². The topological polar surface area (TPSA) is 87.1 Å². The van der Waals surface area contributed by atoms with Crippen molar-refractivity contribution in [3.8, 4) is 0 Å². The number of carbonyl (C=O) groups is 3. The third kappa shape index (κ3) is 5.55. The molecular formula is C28H43BrN2O5S. The molecule has 2 amide bonds. The van der Waals surface area contributed by atoms with Gasteiger partial charge in [-0.2, -0.15) is 0 Å². The number of alkyl halides is 1. The number of hydrogen-bond acceptors (Lipinski definition) is 6. The van der Waals surface area contributed by atoms with Gasteiger partial charge < -0.3 is 19.6 Å². The smallest absolute Gasteiger partial charge is 0.310 e. The molecule has 0 aromatic heterocycles. The lowest BCUT2D eigenvalue weighted by Crippen LogP contribution is -2.59. The Bertz CT molecular complexity index is 872. The zero-order valence-electron chi connectivity index (χ0n) is 22.4. The second-order valence-corrected chi connectivity index (χ2v) is 13.3. The van der Waals surface area contributed by atoms with Gasteiger partial charge in [-0.3, -0.25) is 14.4 Å². The van der Waals surface area contributed by atoms with Gasteiger partial charge in [-0.15, -0.1) is 24.9 Å². The van der Waals surface area contributed by atoms with Crippen LogP contribution < -0.4 is 0 Å². The molecule has 37 heavy (non-hydrogen) atoms. The predicted octanol–water partition coefficient (Wildman–Crippen LogP) is 4.18. The normalized spacial score (nSPS) is 31.6. The molecule has 1 N–H and O–H groups in total. The Hall–Kier alpha value is -1.32. The summed E-state index contributed by atoms with van der Waals surface area (Å²) in [5, 5.41) is 10.3. The average Bonchev–Trinajstić information content (AvgIpc) is 3.47. The number of aliphatic hydroxyl groups is 1. The van der Waals surface area contributed by atoms with Crippen LogP contribution >= 0.6 is 27.7 Å². The maximum atomic E-state index is 14.4. The Morgan fingerprint density at radius 2 is 2.05 bits per heavy atom. The first-order chi connectivity index (χ1) is 17.7. The largest absolute Gasteiger partial charge is 0.465 e. The molecule has 3 aliphatic heterocycles. The summed E-state index contributed by atoms with van der Waals surface area (Å²) < 4.78 is 4.84. The lowest BCUT2D eigenvalue weighted by Gasteiger charge is -2.41. The second-order valence-electron chi connectivity index (χ2n) is 10.6. The maximum absolute atomic E-state index is 14.4. The van der Waals surface area contributed by atoms with Crippen LogP contribution in [0.2, 0.25) is 0 Å². The average molecular weight is 600 g/mol. The van der Waals surface area contributed by atoms with E-state index < -0.39 is 28.7 Å². The number of amides is 2. The molecule has 0 aromatic rings. The first-order valence-corrected chi connectivity index (χ1v) is 15.5. The molecule has 3 heterocycles. The van der Waals surface area contributed by atoms with Crippen molar-refractivity contribution < 1.29 is 24.2 Å². The minimum atomic E-state index is -0.751. The van der Waals surface area contributed by atoms with E-state index >= 15 is 0 Å². The summed E-state index contributed by atoms with van der Waals surface area (Å²) in [5.41, 5.74) is 0. The number of rotatable bonds is 15. The number of thioether (sulfide) groups is 1. The van der Waals surface area contributed by atoms with Crippen LogP contribution in [0.4, 0.5) is 0 Å². The van der Waals surface area contributed by atoms with E-state index in [1.165, 1.54) is 0 Å². The molecular weight excluding hydrogens is 556 g/mol. The number of likely N-dealkylation sites (tertiary alicyclic amines) is 1. The van der Waals surface area contributed by atoms with E-state index in [0.717, 1.165) is 25.7 Å². The number of nitrogens with zero attached hydrogens (tertiary/aromatic N) is 2. The van der Waals surface area contributed by atoms with Crippen LogP contribution in [-0.4, -0.2) is 85.9 Å². The molecule has 0 radical (unpaired) electrons. The number of fused-ring (bicyclic) bond motifs is 1. The van der Waals surface area contributed by atoms with Crippen LogP contribution in [0.15, 0.2) is 25.3 Å². The molecule has 3 fully saturated rings. The number of aliphatic hydroxyl groups excluding tert-OH is 1. The van der Waals surface area contributed by atoms with Crippen molar-refractivity contribution in [1.82, 2.24) is 9.80 Å². The fourth-order valence-electron chi connectivity index (χ4n) is 6.30. The van der Waals surface area contributed by atoms with Gasteiger partial charge in [-0.25, -0.2) is 0 Å². The highest BCUT2D eigenvalue weighted by Crippen LogP contribution is 2.68. The lowest BCUT2D eigenvalue weighted by molar-refractivity contribution is -0.154. The van der Waals surface area contributed by atoms with Crippen molar-refractivity contribution in [3.05, 3.63) is 25.3 Å². The van der Waals surface area contributed by atoms with Gasteiger partial charge in [0.1, 0.15) is 6.04 Å². The van der Waals surface area contributed by atoms with Crippen LogP contribution in [0.3, 0.4) is 0 Å². The number of unbranched alkanes of at least 4 members (excludes halogenated alkanes) is 2. The minimum Gasteiger partial charge on any atom is -0.465 e. The zero-order valence-corrected chi connectivity index (χ0v) is 24.8. The molecule has 9 heteroatoms. The molecule has 3 unspecified atom stereocenters. The first kappa shape index (κ1) is 30.2. The van der Waals surface area contributed by atoms with Crippen molar-refractivity contribution in [1.29, 1.82) is 0 Å². The summed E-state index contributed by atoms with van der Waals surface area (Å²) >= 11 is 5.39. The van der Waals surface area contributed by atoms with Crippen molar-refractivity contribution in [2.45, 2.75) is 86.2 Å². The Kier molecular flexibility index (Phi) is 10.7. The predicted molar refractivity (Wildman–Crippen MR) is 151 cm³/mol. The van der Waals surface area contributed by atoms with Gasteiger partial charge in [0.2, 0.25) is 11.8 Å². The summed E-state index contributed by atoms with van der Waals surface area (Å²) in [6.45, 7) is 14.7. The summed E-state index contributed by atoms with van der Waals surface area (Å²) in [6.07, 6.45) is 8.24. The number of ether oxygens (including phenoxy) is 1. The van der Waals surface area contributed by atoms with Gasteiger partial charge in [-0.1, -0.05) is 68.1 Å². The number of hydrogen-bond donors (Lipinski definition) is 1. The highest BCUT2D eigenvalue weighted by molar-refractivity contribution is 9.09. The highest BCUT2D eigenvalue weighted by Gasteiger charge is 2.76. The monoisotopic (exact) mass is 598 g/mol. The van der Waals surface area contributed by atoms with E-state index in [-0.39, 0.29) is 47.0 Å². The summed E-state index contributed by atoms with van der Waals surface area (Å²) in [7, 11) is 0. The van der Waals surface area contributed by atoms with E-state index in [9.17, 15) is 19.5 Å². The van der Waals surface area contributed by atoms with E-state index in [4.69, 9.17) is 4.74 Å².